The largest absolute Gasteiger partial charge is 0.483 e. The van der Waals surface area contributed by atoms with E-state index in [1.165, 1.54) is 23.3 Å². The summed E-state index contributed by atoms with van der Waals surface area (Å²) < 4.78 is 10.6. The lowest BCUT2D eigenvalue weighted by atomic mass is 9.95. The van der Waals surface area contributed by atoms with Crippen molar-refractivity contribution in [1.29, 1.82) is 0 Å². The van der Waals surface area contributed by atoms with Crippen molar-refractivity contribution in [3.05, 3.63) is 45.8 Å². The molecule has 1 amide bonds. The van der Waals surface area contributed by atoms with E-state index in [4.69, 9.17) is 21.7 Å². The number of thiocarbonyl (C=S) groups is 1. The van der Waals surface area contributed by atoms with Gasteiger partial charge in [-0.2, -0.15) is 0 Å². The lowest BCUT2D eigenvalue weighted by molar-refractivity contribution is -0.121. The number of aryl methyl sites for hydroxylation is 1. The lowest BCUT2D eigenvalue weighted by Gasteiger charge is -2.14. The van der Waals surface area contributed by atoms with Gasteiger partial charge in [0.2, 0.25) is 0 Å². The summed E-state index contributed by atoms with van der Waals surface area (Å²) in [5, 5.41) is 6.37. The summed E-state index contributed by atoms with van der Waals surface area (Å²) in [6.07, 6.45) is 3.93. The van der Waals surface area contributed by atoms with Crippen molar-refractivity contribution in [1.82, 2.24) is 5.32 Å². The number of carbonyl (C=O) groups excluding carboxylic acids is 2. The van der Waals surface area contributed by atoms with E-state index in [1.807, 2.05) is 24.3 Å². The van der Waals surface area contributed by atoms with E-state index >= 15 is 0 Å². The van der Waals surface area contributed by atoms with Crippen LogP contribution in [-0.4, -0.2) is 30.7 Å². The summed E-state index contributed by atoms with van der Waals surface area (Å²) in [6.45, 7) is 3.98. The van der Waals surface area contributed by atoms with Gasteiger partial charge in [0.05, 0.1) is 12.7 Å². The molecule has 1 aliphatic carbocycles. The molecule has 160 valence electrons. The zero-order valence-corrected chi connectivity index (χ0v) is 19.0. The smallest absolute Gasteiger partial charge is 0.341 e. The first-order valence-corrected chi connectivity index (χ1v) is 11.2. The number of hydrogen-bond donors (Lipinski definition) is 2. The van der Waals surface area contributed by atoms with Crippen LogP contribution in [0.3, 0.4) is 0 Å². The Labute approximate surface area is 186 Å². The number of carbonyl (C=O) groups is 2. The van der Waals surface area contributed by atoms with Crippen LogP contribution in [0.25, 0.3) is 0 Å². The molecule has 0 bridgehead atoms. The van der Waals surface area contributed by atoms with Crippen molar-refractivity contribution in [2.24, 2.45) is 0 Å². The molecule has 6 nitrogen and oxygen atoms in total. The first kappa shape index (κ1) is 22.2. The molecule has 0 unspecified atom stereocenters. The van der Waals surface area contributed by atoms with Gasteiger partial charge >= 0.3 is 5.97 Å². The molecular weight excluding hydrogens is 420 g/mol. The fraction of sp³-hybridized carbons (Fsp3) is 0.409. The van der Waals surface area contributed by atoms with Gasteiger partial charge in [0.1, 0.15) is 10.8 Å². The number of para-hydroxylation sites is 1. The van der Waals surface area contributed by atoms with Crippen LogP contribution in [0.4, 0.5) is 5.00 Å². The van der Waals surface area contributed by atoms with Crippen LogP contribution >= 0.6 is 23.6 Å². The predicted molar refractivity (Wildman–Crippen MR) is 123 cm³/mol. The van der Waals surface area contributed by atoms with E-state index in [-0.39, 0.29) is 29.5 Å². The second-order valence-corrected chi connectivity index (χ2v) is 8.90. The zero-order chi connectivity index (χ0) is 21.7. The second kappa shape index (κ2) is 10.0. The maximum absolute atomic E-state index is 12.3. The molecule has 0 aliphatic heterocycles. The number of hydrogen-bond acceptors (Lipinski definition) is 6. The Balaban J connectivity index is 1.63. The molecule has 1 heterocycles. The predicted octanol–water partition coefficient (Wildman–Crippen LogP) is 4.43. The minimum Gasteiger partial charge on any atom is -0.483 e. The van der Waals surface area contributed by atoms with Gasteiger partial charge in [-0.15, -0.1) is 11.3 Å². The maximum Gasteiger partial charge on any atom is 0.341 e. The highest BCUT2D eigenvalue weighted by atomic mass is 32.1. The Kier molecular flexibility index (Phi) is 7.44. The lowest BCUT2D eigenvalue weighted by Crippen LogP contribution is -2.37. The van der Waals surface area contributed by atoms with Gasteiger partial charge in [0, 0.05) is 4.88 Å². The molecule has 0 atom stereocenters. The minimum atomic E-state index is -0.389. The third-order valence-corrected chi connectivity index (χ3v) is 6.35. The first-order chi connectivity index (χ1) is 14.4. The zero-order valence-electron chi connectivity index (χ0n) is 17.4. The van der Waals surface area contributed by atoms with E-state index in [9.17, 15) is 9.59 Å². The molecule has 30 heavy (non-hydrogen) atoms. The number of ether oxygens (including phenoxy) is 2. The molecule has 1 aliphatic rings. The summed E-state index contributed by atoms with van der Waals surface area (Å²) in [7, 11) is 1.37. The molecule has 2 N–H and O–H groups in total. The fourth-order valence-electron chi connectivity index (χ4n) is 3.50. The van der Waals surface area contributed by atoms with Gasteiger partial charge in [0.25, 0.3) is 5.91 Å². The minimum absolute atomic E-state index is 0.129. The second-order valence-electron chi connectivity index (χ2n) is 7.39. The normalized spacial score (nSPS) is 12.8. The Morgan fingerprint density at radius 3 is 2.67 bits per heavy atom. The van der Waals surface area contributed by atoms with Gasteiger partial charge in [-0.3, -0.25) is 10.1 Å². The van der Waals surface area contributed by atoms with Crippen LogP contribution in [-0.2, 0) is 22.4 Å². The van der Waals surface area contributed by atoms with Crippen molar-refractivity contribution in [2.75, 3.05) is 19.0 Å². The number of nitrogens with one attached hydrogen (secondary N) is 2. The van der Waals surface area contributed by atoms with Gasteiger partial charge in [-0.1, -0.05) is 32.0 Å². The monoisotopic (exact) mass is 446 g/mol. The van der Waals surface area contributed by atoms with Gasteiger partial charge in [0.15, 0.2) is 11.7 Å². The van der Waals surface area contributed by atoms with Crippen molar-refractivity contribution in [3.8, 4) is 5.75 Å². The number of rotatable bonds is 6. The summed E-state index contributed by atoms with van der Waals surface area (Å²) in [6, 6.07) is 7.65. The van der Waals surface area contributed by atoms with Gasteiger partial charge < -0.3 is 14.8 Å². The molecule has 0 saturated heterocycles. The average molecular weight is 447 g/mol. The molecular formula is C22H26N2O4S2. The number of amides is 1. The Morgan fingerprint density at radius 2 is 1.93 bits per heavy atom. The van der Waals surface area contributed by atoms with Crippen LogP contribution in [0.15, 0.2) is 24.3 Å². The van der Waals surface area contributed by atoms with Crippen LogP contribution in [0.5, 0.6) is 5.75 Å². The molecule has 1 aromatic carbocycles. The molecule has 0 spiro atoms. The summed E-state index contributed by atoms with van der Waals surface area (Å²) in [4.78, 5) is 25.8. The SMILES string of the molecule is COC(=O)c1c(NC(=S)NC(=O)COc2ccccc2C(C)C)sc2c1CCCC2. The fourth-order valence-corrected chi connectivity index (χ4v) is 5.06. The molecule has 0 radical (unpaired) electrons. The number of benzene rings is 1. The van der Waals surface area contributed by atoms with E-state index in [1.54, 1.807) is 0 Å². The highest BCUT2D eigenvalue weighted by Crippen LogP contribution is 2.38. The van der Waals surface area contributed by atoms with E-state index in [0.717, 1.165) is 36.8 Å². The van der Waals surface area contributed by atoms with Crippen LogP contribution in [0.2, 0.25) is 0 Å². The van der Waals surface area contributed by atoms with Crippen molar-refractivity contribution < 1.29 is 19.1 Å². The third-order valence-electron chi connectivity index (χ3n) is 4.94. The topological polar surface area (TPSA) is 76.7 Å². The van der Waals surface area contributed by atoms with Crippen LogP contribution in [0.1, 0.15) is 59.0 Å². The van der Waals surface area contributed by atoms with Crippen LogP contribution in [0, 0.1) is 0 Å². The molecule has 1 aromatic heterocycles. The van der Waals surface area contributed by atoms with Crippen molar-refractivity contribution in [3.63, 3.8) is 0 Å². The Bertz CT molecular complexity index is 953. The molecule has 0 saturated carbocycles. The number of fused-ring (bicyclic) bond motifs is 1. The summed E-state index contributed by atoms with van der Waals surface area (Å²) in [5.74, 6) is 0.209. The van der Waals surface area contributed by atoms with Crippen molar-refractivity contribution in [2.45, 2.75) is 45.4 Å². The third kappa shape index (κ3) is 5.17. The van der Waals surface area contributed by atoms with Crippen molar-refractivity contribution >= 4 is 45.5 Å². The number of methoxy groups -OCH3 is 1. The molecule has 2 aromatic rings. The Morgan fingerprint density at radius 1 is 1.20 bits per heavy atom. The average Bonchev–Trinajstić information content (AvgIpc) is 3.09. The van der Waals surface area contributed by atoms with E-state index in [2.05, 4.69) is 24.5 Å². The first-order valence-electron chi connectivity index (χ1n) is 9.96. The number of thiophene rings is 1. The van der Waals surface area contributed by atoms with Crippen LogP contribution < -0.4 is 15.4 Å². The summed E-state index contributed by atoms with van der Waals surface area (Å²) in [5.41, 5.74) is 2.59. The number of anilines is 1. The maximum atomic E-state index is 12.3. The standard InChI is InChI=1S/C22H26N2O4S2/c1-13(2)14-8-4-6-10-16(14)28-12-18(25)23-22(29)24-20-19(21(26)27-3)15-9-5-7-11-17(15)30-20/h4,6,8,10,13H,5,7,9,11-12H2,1-3H3,(H2,23,24,25,29). The Hall–Kier alpha value is -2.45. The molecule has 3 rings (SSSR count). The highest BCUT2D eigenvalue weighted by Gasteiger charge is 2.26. The molecule has 8 heteroatoms. The highest BCUT2D eigenvalue weighted by molar-refractivity contribution is 7.80. The van der Waals surface area contributed by atoms with E-state index in [0.29, 0.717) is 16.3 Å². The summed E-state index contributed by atoms with van der Waals surface area (Å²) >= 11 is 6.78. The quantitative estimate of drug-likeness (QED) is 0.505. The number of esters is 1. The van der Waals surface area contributed by atoms with Gasteiger partial charge in [-0.05, 0) is 61.0 Å². The van der Waals surface area contributed by atoms with E-state index < -0.39 is 0 Å². The molecule has 0 fully saturated rings. The van der Waals surface area contributed by atoms with Gasteiger partial charge in [-0.25, -0.2) is 4.79 Å².